The molecule has 0 N–H and O–H groups in total. The van der Waals surface area contributed by atoms with Crippen molar-refractivity contribution in [2.24, 2.45) is 0 Å². The summed E-state index contributed by atoms with van der Waals surface area (Å²) < 4.78 is 27.7. The van der Waals surface area contributed by atoms with Crippen LogP contribution in [0.3, 0.4) is 0 Å². The van der Waals surface area contributed by atoms with Gasteiger partial charge >= 0.3 is 0 Å². The van der Waals surface area contributed by atoms with Crippen molar-refractivity contribution in [1.82, 2.24) is 0 Å². The molecule has 0 saturated carbocycles. The molecule has 1 saturated heterocycles. The predicted octanol–water partition coefficient (Wildman–Crippen LogP) is 3.85. The van der Waals surface area contributed by atoms with Gasteiger partial charge in [0.15, 0.2) is 0 Å². The molecule has 1 fully saturated rings. The van der Waals surface area contributed by atoms with Crippen molar-refractivity contribution in [2.75, 3.05) is 43.3 Å². The number of hydrogen-bond acceptors (Lipinski definition) is 3. The number of anilines is 2. The van der Waals surface area contributed by atoms with Crippen LogP contribution in [0.1, 0.15) is 0 Å². The molecule has 0 spiro atoms. The third kappa shape index (κ3) is 2.89. The van der Waals surface area contributed by atoms with E-state index in [-0.39, 0.29) is 0 Å². The van der Waals surface area contributed by atoms with Gasteiger partial charge in [0.1, 0.15) is 11.5 Å². The lowest BCUT2D eigenvalue weighted by Gasteiger charge is -2.29. The average molecular weight is 332 g/mol. The van der Waals surface area contributed by atoms with Gasteiger partial charge in [-0.2, -0.15) is 0 Å². The number of rotatable bonds is 4. The summed E-state index contributed by atoms with van der Waals surface area (Å²) in [4.78, 5) is 0. The van der Waals surface area contributed by atoms with Gasteiger partial charge in [-0.05, 0) is 48.5 Å². The Balaban J connectivity index is 1.86. The fraction of sp³-hybridized carbons (Fsp3) is 0.294. The van der Waals surface area contributed by atoms with Gasteiger partial charge in [-0.3, -0.25) is 4.57 Å². The molecule has 0 aromatic heterocycles. The van der Waals surface area contributed by atoms with Gasteiger partial charge in [-0.15, -0.1) is 0 Å². The highest BCUT2D eigenvalue weighted by Gasteiger charge is 2.38. The Morgan fingerprint density at radius 3 is 1.43 bits per heavy atom. The second kappa shape index (κ2) is 6.17. The van der Waals surface area contributed by atoms with Crippen LogP contribution in [-0.4, -0.2) is 34.0 Å². The van der Waals surface area contributed by atoms with Crippen molar-refractivity contribution < 1.29 is 14.0 Å². The van der Waals surface area contributed by atoms with E-state index in [1.807, 2.05) is 64.5 Å². The highest BCUT2D eigenvalue weighted by atomic mass is 31.2. The first-order valence-electron chi connectivity index (χ1n) is 7.48. The Morgan fingerprint density at radius 1 is 0.783 bits per heavy atom. The molecule has 1 aliphatic heterocycles. The smallest absolute Gasteiger partial charge is 0.260 e. The first-order valence-corrected chi connectivity index (χ1v) is 9.54. The molecule has 0 amide bonds. The van der Waals surface area contributed by atoms with E-state index in [0.717, 1.165) is 36.0 Å². The van der Waals surface area contributed by atoms with Crippen molar-refractivity contribution in [3.63, 3.8) is 0 Å². The van der Waals surface area contributed by atoms with E-state index in [1.54, 1.807) is 14.2 Å². The van der Waals surface area contributed by atoms with Crippen LogP contribution in [0.2, 0.25) is 0 Å². The van der Waals surface area contributed by atoms with E-state index < -0.39 is 7.44 Å². The van der Waals surface area contributed by atoms with Crippen molar-refractivity contribution in [3.8, 4) is 11.5 Å². The molecular formula is C17H21N2O3P. The molecule has 1 aliphatic rings. The van der Waals surface area contributed by atoms with Crippen molar-refractivity contribution in [1.29, 1.82) is 0 Å². The van der Waals surface area contributed by atoms with Crippen molar-refractivity contribution in [2.45, 2.75) is 0 Å². The Labute approximate surface area is 136 Å². The quantitative estimate of drug-likeness (QED) is 0.796. The molecule has 122 valence electrons. The van der Waals surface area contributed by atoms with Gasteiger partial charge in [0.2, 0.25) is 0 Å². The summed E-state index contributed by atoms with van der Waals surface area (Å²) in [5.74, 6) is 1.59. The number of methoxy groups -OCH3 is 2. The zero-order valence-electron chi connectivity index (χ0n) is 13.6. The summed E-state index contributed by atoms with van der Waals surface area (Å²) in [6.45, 7) is 3.27. The van der Waals surface area contributed by atoms with Crippen LogP contribution in [0, 0.1) is 0 Å². The molecule has 23 heavy (non-hydrogen) atoms. The molecule has 0 unspecified atom stereocenters. The largest absolute Gasteiger partial charge is 0.497 e. The van der Waals surface area contributed by atoms with Crippen LogP contribution in [0.25, 0.3) is 0 Å². The molecular weight excluding hydrogens is 311 g/mol. The van der Waals surface area contributed by atoms with Gasteiger partial charge in [0.25, 0.3) is 7.44 Å². The van der Waals surface area contributed by atoms with Crippen LogP contribution >= 0.6 is 7.44 Å². The van der Waals surface area contributed by atoms with Crippen LogP contribution in [0.4, 0.5) is 11.4 Å². The molecule has 3 rings (SSSR count). The van der Waals surface area contributed by atoms with Crippen LogP contribution in [0.15, 0.2) is 48.5 Å². The number of hydrogen-bond donors (Lipinski definition) is 0. The lowest BCUT2D eigenvalue weighted by molar-refractivity contribution is 0.414. The number of nitrogens with zero attached hydrogens (tertiary/aromatic N) is 2. The Kier molecular flexibility index (Phi) is 4.22. The summed E-state index contributed by atoms with van der Waals surface area (Å²) >= 11 is 0. The lowest BCUT2D eigenvalue weighted by Crippen LogP contribution is -2.17. The molecule has 1 heterocycles. The van der Waals surface area contributed by atoms with E-state index in [2.05, 4.69) is 0 Å². The second-order valence-electron chi connectivity index (χ2n) is 5.48. The minimum Gasteiger partial charge on any atom is -0.497 e. The van der Waals surface area contributed by atoms with E-state index in [9.17, 15) is 4.57 Å². The zero-order chi connectivity index (χ0) is 16.4. The van der Waals surface area contributed by atoms with Gasteiger partial charge in [-0.1, -0.05) is 0 Å². The maximum Gasteiger partial charge on any atom is 0.260 e. The third-order valence-electron chi connectivity index (χ3n) is 4.16. The van der Waals surface area contributed by atoms with Crippen molar-refractivity contribution >= 4 is 18.8 Å². The van der Waals surface area contributed by atoms with Crippen LogP contribution in [0.5, 0.6) is 11.5 Å². The maximum absolute atomic E-state index is 13.4. The molecule has 5 nitrogen and oxygen atoms in total. The number of ether oxygens (including phenoxy) is 2. The lowest BCUT2D eigenvalue weighted by atomic mass is 10.3. The summed E-state index contributed by atoms with van der Waals surface area (Å²) in [6, 6.07) is 15.4. The minimum absolute atomic E-state index is 0.728. The first kappa shape index (κ1) is 15.8. The minimum atomic E-state index is -2.67. The molecule has 0 aliphatic carbocycles. The van der Waals surface area contributed by atoms with Crippen molar-refractivity contribution in [3.05, 3.63) is 48.5 Å². The SMILES string of the molecule is COc1ccc(N2CCN(c3ccc(OC)cc3)P2(C)=O)cc1. The Hall–Kier alpha value is -2.13. The Bertz CT molecular complexity index is 656. The van der Waals surface area contributed by atoms with Gasteiger partial charge < -0.3 is 18.8 Å². The normalized spacial score (nSPS) is 16.5. The molecule has 0 bridgehead atoms. The summed E-state index contributed by atoms with van der Waals surface area (Å²) in [5, 5.41) is 0. The predicted molar refractivity (Wildman–Crippen MR) is 94.2 cm³/mol. The standard InChI is InChI=1S/C17H21N2O3P/c1-21-16-8-4-14(5-9-16)18-12-13-19(23(18,3)20)15-6-10-17(22-2)11-7-15/h4-11H,12-13H2,1-3H3. The van der Waals surface area contributed by atoms with E-state index in [4.69, 9.17) is 9.47 Å². The summed E-state index contributed by atoms with van der Waals surface area (Å²) in [5.41, 5.74) is 1.90. The van der Waals surface area contributed by atoms with E-state index >= 15 is 0 Å². The third-order valence-corrected chi connectivity index (χ3v) is 6.81. The van der Waals surface area contributed by atoms with Crippen LogP contribution < -0.4 is 18.8 Å². The second-order valence-corrected chi connectivity index (χ2v) is 8.11. The fourth-order valence-electron chi connectivity index (χ4n) is 2.89. The zero-order valence-corrected chi connectivity index (χ0v) is 14.5. The fourth-order valence-corrected chi connectivity index (χ4v) is 5.19. The van der Waals surface area contributed by atoms with Gasteiger partial charge in [-0.25, -0.2) is 0 Å². The maximum atomic E-state index is 13.4. The van der Waals surface area contributed by atoms with E-state index in [0.29, 0.717) is 0 Å². The highest BCUT2D eigenvalue weighted by molar-refractivity contribution is 7.66. The van der Waals surface area contributed by atoms with E-state index in [1.165, 1.54) is 0 Å². The summed E-state index contributed by atoms with van der Waals surface area (Å²) in [7, 11) is 0.610. The monoisotopic (exact) mass is 332 g/mol. The highest BCUT2D eigenvalue weighted by Crippen LogP contribution is 2.57. The van der Waals surface area contributed by atoms with Gasteiger partial charge in [0, 0.05) is 31.1 Å². The number of benzene rings is 2. The first-order chi connectivity index (χ1) is 11.1. The molecule has 2 aromatic carbocycles. The topological polar surface area (TPSA) is 42.0 Å². The average Bonchev–Trinajstić information content (AvgIpc) is 2.90. The molecule has 0 atom stereocenters. The molecule has 6 heteroatoms. The molecule has 0 radical (unpaired) electrons. The van der Waals surface area contributed by atoms with Gasteiger partial charge in [0.05, 0.1) is 14.2 Å². The van der Waals surface area contributed by atoms with Crippen LogP contribution in [-0.2, 0) is 4.57 Å². The summed E-state index contributed by atoms with van der Waals surface area (Å²) in [6.07, 6.45) is 0. The Morgan fingerprint density at radius 2 is 1.13 bits per heavy atom. The molecule has 2 aromatic rings.